The van der Waals surface area contributed by atoms with E-state index < -0.39 is 5.97 Å². The van der Waals surface area contributed by atoms with Crippen LogP contribution in [0.1, 0.15) is 34.5 Å². The molecule has 1 aliphatic heterocycles. The van der Waals surface area contributed by atoms with Crippen LogP contribution in [0.4, 0.5) is 5.82 Å². The predicted molar refractivity (Wildman–Crippen MR) is 91.7 cm³/mol. The number of thiophene rings is 1. The standard InChI is InChI=1S/C16H17N5O2S/c1-3-12-17-14(9-5-7-24-15(9)18-12)21-6-4-11-10(8-21)13(16(22)23)20(2)19-11/h5,7H,3-4,6,8H2,1-2H3,(H,22,23). The molecule has 1 aliphatic rings. The Balaban J connectivity index is 1.80. The van der Waals surface area contributed by atoms with Gasteiger partial charge in [-0.15, -0.1) is 11.3 Å². The lowest BCUT2D eigenvalue weighted by molar-refractivity contribution is 0.0683. The molecule has 3 aromatic heterocycles. The predicted octanol–water partition coefficient (Wildman–Crippen LogP) is 2.25. The average molecular weight is 343 g/mol. The summed E-state index contributed by atoms with van der Waals surface area (Å²) in [7, 11) is 1.68. The molecule has 0 bridgehead atoms. The molecule has 0 radical (unpaired) electrons. The molecule has 24 heavy (non-hydrogen) atoms. The molecule has 0 spiro atoms. The van der Waals surface area contributed by atoms with Gasteiger partial charge in [-0.3, -0.25) is 4.68 Å². The van der Waals surface area contributed by atoms with Crippen LogP contribution in [-0.4, -0.2) is 37.4 Å². The number of aromatic carboxylic acids is 1. The highest BCUT2D eigenvalue weighted by Crippen LogP contribution is 2.32. The van der Waals surface area contributed by atoms with Gasteiger partial charge < -0.3 is 10.0 Å². The lowest BCUT2D eigenvalue weighted by Gasteiger charge is -2.28. The number of fused-ring (bicyclic) bond motifs is 2. The van der Waals surface area contributed by atoms with Crippen molar-refractivity contribution in [1.82, 2.24) is 19.7 Å². The second-order valence-electron chi connectivity index (χ2n) is 5.83. The van der Waals surface area contributed by atoms with E-state index >= 15 is 0 Å². The molecule has 4 rings (SSSR count). The Morgan fingerprint density at radius 2 is 2.25 bits per heavy atom. The van der Waals surface area contributed by atoms with E-state index in [-0.39, 0.29) is 5.69 Å². The zero-order chi connectivity index (χ0) is 16.8. The van der Waals surface area contributed by atoms with Crippen LogP contribution in [0.15, 0.2) is 11.4 Å². The third kappa shape index (κ3) is 2.25. The zero-order valence-electron chi connectivity index (χ0n) is 13.5. The highest BCUT2D eigenvalue weighted by Gasteiger charge is 2.28. The third-order valence-electron chi connectivity index (χ3n) is 4.37. The fraction of sp³-hybridized carbons (Fsp3) is 0.375. The van der Waals surface area contributed by atoms with Crippen molar-refractivity contribution in [2.75, 3.05) is 11.4 Å². The van der Waals surface area contributed by atoms with E-state index in [9.17, 15) is 9.90 Å². The van der Waals surface area contributed by atoms with Crippen molar-refractivity contribution in [3.05, 3.63) is 34.2 Å². The van der Waals surface area contributed by atoms with E-state index in [1.807, 2.05) is 18.4 Å². The minimum absolute atomic E-state index is 0.265. The maximum atomic E-state index is 11.6. The number of aromatic nitrogens is 4. The number of carboxylic acids is 1. The van der Waals surface area contributed by atoms with Gasteiger partial charge in [0.05, 0.1) is 11.1 Å². The molecule has 0 fully saturated rings. The summed E-state index contributed by atoms with van der Waals surface area (Å²) in [6, 6.07) is 2.03. The number of rotatable bonds is 3. The van der Waals surface area contributed by atoms with E-state index in [0.29, 0.717) is 13.0 Å². The molecule has 0 saturated heterocycles. The first kappa shape index (κ1) is 15.1. The lowest BCUT2D eigenvalue weighted by atomic mass is 10.0. The number of hydrogen-bond donors (Lipinski definition) is 1. The number of aryl methyl sites for hydroxylation is 2. The normalized spacial score (nSPS) is 14.2. The summed E-state index contributed by atoms with van der Waals surface area (Å²) < 4.78 is 1.47. The molecule has 0 aromatic carbocycles. The van der Waals surface area contributed by atoms with Gasteiger partial charge in [0.2, 0.25) is 0 Å². The Labute approximate surface area is 142 Å². The van der Waals surface area contributed by atoms with E-state index in [4.69, 9.17) is 4.98 Å². The van der Waals surface area contributed by atoms with Crippen LogP contribution in [0.25, 0.3) is 10.2 Å². The monoisotopic (exact) mass is 343 g/mol. The quantitative estimate of drug-likeness (QED) is 0.785. The Hall–Kier alpha value is -2.48. The van der Waals surface area contributed by atoms with Gasteiger partial charge >= 0.3 is 5.97 Å². The van der Waals surface area contributed by atoms with Gasteiger partial charge in [0.1, 0.15) is 16.5 Å². The molecule has 0 unspecified atom stereocenters. The van der Waals surface area contributed by atoms with Crippen molar-refractivity contribution < 1.29 is 9.90 Å². The van der Waals surface area contributed by atoms with Crippen LogP contribution in [0.5, 0.6) is 0 Å². The van der Waals surface area contributed by atoms with Crippen molar-refractivity contribution in [2.45, 2.75) is 26.3 Å². The number of carbonyl (C=O) groups is 1. The molecule has 124 valence electrons. The van der Waals surface area contributed by atoms with Crippen molar-refractivity contribution in [2.24, 2.45) is 7.05 Å². The van der Waals surface area contributed by atoms with Crippen LogP contribution < -0.4 is 4.90 Å². The molecule has 4 heterocycles. The fourth-order valence-electron chi connectivity index (χ4n) is 3.23. The topological polar surface area (TPSA) is 84.1 Å². The highest BCUT2D eigenvalue weighted by molar-refractivity contribution is 7.16. The van der Waals surface area contributed by atoms with Gasteiger partial charge in [-0.25, -0.2) is 14.8 Å². The van der Waals surface area contributed by atoms with Crippen LogP contribution in [0.3, 0.4) is 0 Å². The van der Waals surface area contributed by atoms with Crippen molar-refractivity contribution in [1.29, 1.82) is 0 Å². The summed E-state index contributed by atoms with van der Waals surface area (Å²) in [6.07, 6.45) is 1.49. The first-order valence-electron chi connectivity index (χ1n) is 7.85. The molecule has 8 heteroatoms. The van der Waals surface area contributed by atoms with Gasteiger partial charge in [0, 0.05) is 38.5 Å². The largest absolute Gasteiger partial charge is 0.477 e. The van der Waals surface area contributed by atoms with Gasteiger partial charge in [0.15, 0.2) is 5.69 Å². The van der Waals surface area contributed by atoms with E-state index in [1.54, 1.807) is 18.4 Å². The van der Waals surface area contributed by atoms with Gasteiger partial charge in [-0.05, 0) is 11.4 Å². The second kappa shape index (κ2) is 5.55. The van der Waals surface area contributed by atoms with E-state index in [0.717, 1.165) is 46.1 Å². The van der Waals surface area contributed by atoms with Crippen molar-refractivity contribution in [3.63, 3.8) is 0 Å². The van der Waals surface area contributed by atoms with Crippen LogP contribution >= 0.6 is 11.3 Å². The summed E-state index contributed by atoms with van der Waals surface area (Å²) in [5.41, 5.74) is 1.93. The smallest absolute Gasteiger partial charge is 0.354 e. The summed E-state index contributed by atoms with van der Waals surface area (Å²) in [5, 5.41) is 16.9. The minimum atomic E-state index is -0.939. The summed E-state index contributed by atoms with van der Waals surface area (Å²) in [5.74, 6) is 0.769. The molecule has 7 nitrogen and oxygen atoms in total. The summed E-state index contributed by atoms with van der Waals surface area (Å²) in [4.78, 5) is 24.0. The summed E-state index contributed by atoms with van der Waals surface area (Å²) >= 11 is 1.60. The molecule has 0 aliphatic carbocycles. The third-order valence-corrected chi connectivity index (χ3v) is 5.17. The van der Waals surface area contributed by atoms with Crippen LogP contribution in [0, 0.1) is 0 Å². The van der Waals surface area contributed by atoms with Gasteiger partial charge in [-0.2, -0.15) is 5.10 Å². The number of nitrogens with zero attached hydrogens (tertiary/aromatic N) is 5. The molecule has 0 saturated carbocycles. The second-order valence-corrected chi connectivity index (χ2v) is 6.73. The number of carboxylic acid groups (broad SMARTS) is 1. The molecule has 0 amide bonds. The first-order chi connectivity index (χ1) is 11.6. The van der Waals surface area contributed by atoms with Crippen molar-refractivity contribution >= 4 is 33.3 Å². The zero-order valence-corrected chi connectivity index (χ0v) is 14.3. The highest BCUT2D eigenvalue weighted by atomic mass is 32.1. The number of hydrogen-bond acceptors (Lipinski definition) is 6. The maximum Gasteiger partial charge on any atom is 0.354 e. The molecule has 1 N–H and O–H groups in total. The van der Waals surface area contributed by atoms with Crippen LogP contribution in [-0.2, 0) is 26.4 Å². The Kier molecular flexibility index (Phi) is 3.49. The van der Waals surface area contributed by atoms with Gasteiger partial charge in [0.25, 0.3) is 0 Å². The van der Waals surface area contributed by atoms with Crippen molar-refractivity contribution in [3.8, 4) is 0 Å². The Morgan fingerprint density at radius 3 is 3.00 bits per heavy atom. The molecule has 3 aromatic rings. The molecular formula is C16H17N5O2S. The fourth-order valence-corrected chi connectivity index (χ4v) is 4.01. The maximum absolute atomic E-state index is 11.6. The van der Waals surface area contributed by atoms with E-state index in [1.165, 1.54) is 4.68 Å². The lowest BCUT2D eigenvalue weighted by Crippen LogP contribution is -2.32. The Bertz CT molecular complexity index is 945. The van der Waals surface area contributed by atoms with Crippen LogP contribution in [0.2, 0.25) is 0 Å². The molecular weight excluding hydrogens is 326 g/mol. The first-order valence-corrected chi connectivity index (χ1v) is 8.73. The average Bonchev–Trinajstić information content (AvgIpc) is 3.15. The molecule has 0 atom stereocenters. The Morgan fingerprint density at radius 1 is 1.42 bits per heavy atom. The number of anilines is 1. The van der Waals surface area contributed by atoms with E-state index in [2.05, 4.69) is 15.0 Å². The summed E-state index contributed by atoms with van der Waals surface area (Å²) in [6.45, 7) is 3.32. The minimum Gasteiger partial charge on any atom is -0.477 e. The van der Waals surface area contributed by atoms with Gasteiger partial charge in [-0.1, -0.05) is 6.92 Å². The SMILES string of the molecule is CCc1nc(N2CCc3nn(C)c(C(=O)O)c3C2)c2ccsc2n1.